The van der Waals surface area contributed by atoms with E-state index in [9.17, 15) is 14.0 Å². The first kappa shape index (κ1) is 21.2. The Kier molecular flexibility index (Phi) is 5.85. The van der Waals surface area contributed by atoms with Crippen LogP contribution in [0.15, 0.2) is 82.2 Å². The number of nitrogens with one attached hydrogen (secondary N) is 1. The van der Waals surface area contributed by atoms with Crippen molar-refractivity contribution >= 4 is 46.6 Å². The summed E-state index contributed by atoms with van der Waals surface area (Å²) in [6.07, 6.45) is 0. The minimum Gasteiger partial charge on any atom is -0.348 e. The highest BCUT2D eigenvalue weighted by atomic mass is 35.5. The molecule has 3 aromatic carbocycles. The largest absolute Gasteiger partial charge is 0.348 e. The van der Waals surface area contributed by atoms with Gasteiger partial charge in [-0.1, -0.05) is 47.6 Å². The molecule has 0 aliphatic carbocycles. The third-order valence-electron chi connectivity index (χ3n) is 5.03. The number of thioether (sulfide) groups is 1. The maximum atomic E-state index is 14.3. The number of imide groups is 1. The van der Waals surface area contributed by atoms with Gasteiger partial charge in [-0.3, -0.25) is 9.59 Å². The molecule has 4 rings (SSSR count). The van der Waals surface area contributed by atoms with Gasteiger partial charge in [0.25, 0.3) is 11.8 Å². The fraction of sp³-hybridized carbons (Fsp3) is 0.0833. The second kappa shape index (κ2) is 8.57. The normalized spacial score (nSPS) is 13.9. The van der Waals surface area contributed by atoms with Gasteiger partial charge in [-0.15, -0.1) is 0 Å². The standard InChI is InChI=1S/C24H18ClFN2O2S/c1-14-6-5-9-20(15(14)2)28-23(29)21(27-19-8-4-3-7-18(19)26)22(24(28)30)31-17-12-10-16(25)11-13-17/h3-13,27H,1-2H3. The molecular formula is C24H18ClFN2O2S. The van der Waals surface area contributed by atoms with Crippen molar-refractivity contribution in [2.24, 2.45) is 0 Å². The fourth-order valence-corrected chi connectivity index (χ4v) is 4.28. The topological polar surface area (TPSA) is 49.4 Å². The third kappa shape index (κ3) is 4.09. The summed E-state index contributed by atoms with van der Waals surface area (Å²) in [4.78, 5) is 28.8. The molecule has 7 heteroatoms. The van der Waals surface area contributed by atoms with Crippen LogP contribution in [0.3, 0.4) is 0 Å². The number of amides is 2. The lowest BCUT2D eigenvalue weighted by molar-refractivity contribution is -0.120. The highest BCUT2D eigenvalue weighted by molar-refractivity contribution is 8.04. The molecule has 0 saturated carbocycles. The molecule has 0 fully saturated rings. The molecule has 0 spiro atoms. The van der Waals surface area contributed by atoms with E-state index >= 15 is 0 Å². The number of aryl methyl sites for hydroxylation is 1. The van der Waals surface area contributed by atoms with Crippen LogP contribution in [0.4, 0.5) is 15.8 Å². The summed E-state index contributed by atoms with van der Waals surface area (Å²) in [7, 11) is 0. The minimum absolute atomic E-state index is 0.0379. The summed E-state index contributed by atoms with van der Waals surface area (Å²) in [5.41, 5.74) is 2.45. The first-order chi connectivity index (χ1) is 14.9. The maximum Gasteiger partial charge on any atom is 0.283 e. The average Bonchev–Trinajstić information content (AvgIpc) is 2.97. The van der Waals surface area contributed by atoms with Crippen LogP contribution in [-0.4, -0.2) is 11.8 Å². The lowest BCUT2D eigenvalue weighted by Gasteiger charge is -2.19. The zero-order valence-electron chi connectivity index (χ0n) is 16.8. The van der Waals surface area contributed by atoms with Crippen molar-refractivity contribution in [2.75, 3.05) is 10.2 Å². The van der Waals surface area contributed by atoms with E-state index in [4.69, 9.17) is 11.6 Å². The van der Waals surface area contributed by atoms with E-state index in [1.165, 1.54) is 12.1 Å². The van der Waals surface area contributed by atoms with Gasteiger partial charge in [0.15, 0.2) is 0 Å². The summed E-state index contributed by atoms with van der Waals surface area (Å²) in [6, 6.07) is 18.4. The van der Waals surface area contributed by atoms with Crippen molar-refractivity contribution in [1.29, 1.82) is 0 Å². The van der Waals surface area contributed by atoms with Crippen molar-refractivity contribution in [3.63, 3.8) is 0 Å². The van der Waals surface area contributed by atoms with Gasteiger partial charge in [-0.25, -0.2) is 9.29 Å². The van der Waals surface area contributed by atoms with E-state index in [0.717, 1.165) is 32.7 Å². The first-order valence-electron chi connectivity index (χ1n) is 9.51. The quantitative estimate of drug-likeness (QED) is 0.476. The Bertz CT molecular complexity index is 1220. The smallest absolute Gasteiger partial charge is 0.283 e. The molecule has 0 saturated heterocycles. The number of rotatable bonds is 5. The van der Waals surface area contributed by atoms with E-state index in [2.05, 4.69) is 5.32 Å². The molecule has 2 amide bonds. The number of hydrogen-bond acceptors (Lipinski definition) is 4. The van der Waals surface area contributed by atoms with Crippen molar-refractivity contribution in [3.05, 3.63) is 99.3 Å². The highest BCUT2D eigenvalue weighted by Gasteiger charge is 2.41. The fourth-order valence-electron chi connectivity index (χ4n) is 3.23. The van der Waals surface area contributed by atoms with Gasteiger partial charge >= 0.3 is 0 Å². The number of carbonyl (C=O) groups excluding carboxylic acids is 2. The summed E-state index contributed by atoms with van der Waals surface area (Å²) in [6.45, 7) is 3.78. The van der Waals surface area contributed by atoms with Crippen LogP contribution < -0.4 is 10.2 Å². The van der Waals surface area contributed by atoms with E-state index in [0.29, 0.717) is 10.7 Å². The molecule has 1 aliphatic rings. The SMILES string of the molecule is Cc1cccc(N2C(=O)C(Nc3ccccc3F)=C(Sc3ccc(Cl)cc3)C2=O)c1C. The number of halogens is 2. The summed E-state index contributed by atoms with van der Waals surface area (Å²) < 4.78 is 14.3. The van der Waals surface area contributed by atoms with Crippen molar-refractivity contribution in [1.82, 2.24) is 0 Å². The van der Waals surface area contributed by atoms with Crippen LogP contribution >= 0.6 is 23.4 Å². The summed E-state index contributed by atoms with van der Waals surface area (Å²) in [5.74, 6) is -1.51. The predicted octanol–water partition coefficient (Wildman–Crippen LogP) is 6.09. The molecule has 1 aliphatic heterocycles. The highest BCUT2D eigenvalue weighted by Crippen LogP contribution is 2.39. The zero-order chi connectivity index (χ0) is 22.1. The molecule has 156 valence electrons. The van der Waals surface area contributed by atoms with Crippen molar-refractivity contribution < 1.29 is 14.0 Å². The lowest BCUT2D eigenvalue weighted by Crippen LogP contribution is -2.33. The van der Waals surface area contributed by atoms with E-state index in [-0.39, 0.29) is 16.3 Å². The number of hydrogen-bond donors (Lipinski definition) is 1. The molecule has 3 aromatic rings. The van der Waals surface area contributed by atoms with E-state index in [1.807, 2.05) is 19.9 Å². The third-order valence-corrected chi connectivity index (χ3v) is 6.37. The predicted molar refractivity (Wildman–Crippen MR) is 123 cm³/mol. The summed E-state index contributed by atoms with van der Waals surface area (Å²) >= 11 is 7.10. The molecule has 4 nitrogen and oxygen atoms in total. The molecule has 31 heavy (non-hydrogen) atoms. The van der Waals surface area contributed by atoms with Crippen LogP contribution in [-0.2, 0) is 9.59 Å². The number of carbonyl (C=O) groups is 2. The minimum atomic E-state index is -0.529. The molecule has 0 radical (unpaired) electrons. The Hall–Kier alpha value is -3.09. The van der Waals surface area contributed by atoms with Gasteiger partial charge in [-0.2, -0.15) is 0 Å². The van der Waals surface area contributed by atoms with Crippen molar-refractivity contribution in [2.45, 2.75) is 18.7 Å². The molecule has 0 atom stereocenters. The molecular weight excluding hydrogens is 435 g/mol. The molecule has 0 unspecified atom stereocenters. The van der Waals surface area contributed by atoms with Gasteiger partial charge in [0.1, 0.15) is 16.4 Å². The Morgan fingerprint density at radius 3 is 2.32 bits per heavy atom. The Labute approximate surface area is 188 Å². The number of anilines is 2. The summed E-state index contributed by atoms with van der Waals surface area (Å²) in [5, 5.41) is 3.41. The number of nitrogens with zero attached hydrogens (tertiary/aromatic N) is 1. The Morgan fingerprint density at radius 2 is 1.61 bits per heavy atom. The maximum absolute atomic E-state index is 14.3. The molecule has 0 aromatic heterocycles. The van der Waals surface area contributed by atoms with Gasteiger partial charge in [0.2, 0.25) is 0 Å². The van der Waals surface area contributed by atoms with E-state index in [1.54, 1.807) is 48.5 Å². The number of benzene rings is 3. The molecule has 1 N–H and O–H groups in total. The second-order valence-electron chi connectivity index (χ2n) is 7.03. The van der Waals surface area contributed by atoms with Crippen LogP contribution in [0.25, 0.3) is 0 Å². The number of para-hydroxylation sites is 1. The molecule has 0 bridgehead atoms. The zero-order valence-corrected chi connectivity index (χ0v) is 18.4. The van der Waals surface area contributed by atoms with E-state index < -0.39 is 17.6 Å². The van der Waals surface area contributed by atoms with Crippen LogP contribution in [0.2, 0.25) is 5.02 Å². The van der Waals surface area contributed by atoms with Gasteiger partial charge in [-0.05, 0) is 67.4 Å². The Balaban J connectivity index is 1.79. The first-order valence-corrected chi connectivity index (χ1v) is 10.7. The van der Waals surface area contributed by atoms with Crippen LogP contribution in [0.5, 0.6) is 0 Å². The second-order valence-corrected chi connectivity index (χ2v) is 8.55. The van der Waals surface area contributed by atoms with Gasteiger partial charge < -0.3 is 5.32 Å². The Morgan fingerprint density at radius 1 is 0.903 bits per heavy atom. The van der Waals surface area contributed by atoms with Crippen LogP contribution in [0, 0.1) is 19.7 Å². The monoisotopic (exact) mass is 452 g/mol. The molecule has 1 heterocycles. The lowest BCUT2D eigenvalue weighted by atomic mass is 10.1. The van der Waals surface area contributed by atoms with Gasteiger partial charge in [0, 0.05) is 9.92 Å². The van der Waals surface area contributed by atoms with Gasteiger partial charge in [0.05, 0.1) is 11.4 Å². The van der Waals surface area contributed by atoms with Crippen molar-refractivity contribution in [3.8, 4) is 0 Å². The van der Waals surface area contributed by atoms with Crippen LogP contribution in [0.1, 0.15) is 11.1 Å². The average molecular weight is 453 g/mol.